The number of rotatable bonds is 48. The predicted octanol–water partition coefficient (Wildman–Crippen LogP) is 17.2. The molecule has 1 atom stereocenters. The van der Waals surface area contributed by atoms with E-state index in [1.165, 1.54) is 186 Å². The van der Waals surface area contributed by atoms with Gasteiger partial charge in [-0.3, -0.25) is 9.59 Å². The zero-order valence-corrected chi connectivity index (χ0v) is 39.3. The van der Waals surface area contributed by atoms with Crippen LogP contribution in [0.3, 0.4) is 0 Å². The molecule has 0 N–H and O–H groups in total. The van der Waals surface area contributed by atoms with Crippen LogP contribution in [-0.2, 0) is 23.8 Å². The number of esters is 2. The summed E-state index contributed by atoms with van der Waals surface area (Å²) in [7, 11) is 0. The van der Waals surface area contributed by atoms with Gasteiger partial charge in [0.15, 0.2) is 6.10 Å². The van der Waals surface area contributed by atoms with Gasteiger partial charge in [0, 0.05) is 19.4 Å². The molecular weight excluding hydrogens is 717 g/mol. The van der Waals surface area contributed by atoms with Crippen LogP contribution >= 0.6 is 0 Å². The van der Waals surface area contributed by atoms with E-state index in [9.17, 15) is 9.59 Å². The van der Waals surface area contributed by atoms with Gasteiger partial charge in [-0.15, -0.1) is 0 Å². The van der Waals surface area contributed by atoms with E-state index in [0.29, 0.717) is 19.4 Å². The summed E-state index contributed by atoms with van der Waals surface area (Å²) in [6.45, 7) is 7.83. The highest BCUT2D eigenvalue weighted by Crippen LogP contribution is 2.15. The molecule has 0 rings (SSSR count). The number of hydrogen-bond donors (Lipinski definition) is 0. The molecule has 5 heteroatoms. The van der Waals surface area contributed by atoms with Crippen LogP contribution in [-0.4, -0.2) is 37.9 Å². The van der Waals surface area contributed by atoms with Crippen molar-refractivity contribution < 1.29 is 23.8 Å². The van der Waals surface area contributed by atoms with Crippen LogP contribution in [0.2, 0.25) is 0 Å². The first kappa shape index (κ1) is 56.4. The highest BCUT2D eigenvalue weighted by molar-refractivity contribution is 5.70. The van der Waals surface area contributed by atoms with Crippen molar-refractivity contribution in [3.63, 3.8) is 0 Å². The van der Waals surface area contributed by atoms with E-state index in [-0.39, 0.29) is 25.2 Å². The van der Waals surface area contributed by atoms with Crippen molar-refractivity contribution in [1.82, 2.24) is 0 Å². The van der Waals surface area contributed by atoms with Gasteiger partial charge in [-0.05, 0) is 70.6 Å². The van der Waals surface area contributed by atoms with Gasteiger partial charge < -0.3 is 14.2 Å². The first-order valence-electron chi connectivity index (χ1n) is 25.9. The normalized spacial score (nSPS) is 12.3. The molecule has 0 amide bonds. The Balaban J connectivity index is 4.23. The minimum absolute atomic E-state index is 0.0838. The van der Waals surface area contributed by atoms with Gasteiger partial charge >= 0.3 is 11.9 Å². The third-order valence-corrected chi connectivity index (χ3v) is 11.5. The molecule has 0 saturated carbocycles. The lowest BCUT2D eigenvalue weighted by Crippen LogP contribution is -2.30. The quantitative estimate of drug-likeness (QED) is 0.0348. The van der Waals surface area contributed by atoms with E-state index in [0.717, 1.165) is 57.8 Å². The van der Waals surface area contributed by atoms with E-state index in [1.807, 2.05) is 0 Å². The van der Waals surface area contributed by atoms with Gasteiger partial charge in [0.2, 0.25) is 0 Å². The van der Waals surface area contributed by atoms with E-state index in [2.05, 4.69) is 45.1 Å². The summed E-state index contributed by atoms with van der Waals surface area (Å²) in [5, 5.41) is 0. The van der Waals surface area contributed by atoms with Gasteiger partial charge in [0.1, 0.15) is 6.61 Å². The summed E-state index contributed by atoms with van der Waals surface area (Å²) in [6.07, 6.45) is 57.5. The van der Waals surface area contributed by atoms with E-state index < -0.39 is 6.10 Å². The number of allylic oxidation sites excluding steroid dienone is 4. The Morgan fingerprint density at radius 3 is 1.07 bits per heavy atom. The van der Waals surface area contributed by atoms with Gasteiger partial charge in [-0.1, -0.05) is 218 Å². The van der Waals surface area contributed by atoms with Crippen LogP contribution in [0.15, 0.2) is 24.3 Å². The summed E-state index contributed by atoms with van der Waals surface area (Å²) in [5.41, 5.74) is 0. The summed E-state index contributed by atoms with van der Waals surface area (Å²) in [4.78, 5) is 25.3. The fraction of sp³-hybridized carbons (Fsp3) is 0.887. The Morgan fingerprint density at radius 2 is 0.672 bits per heavy atom. The molecule has 0 aliphatic carbocycles. The number of carbonyl (C=O) groups excluding carboxylic acids is 2. The first-order chi connectivity index (χ1) is 28.6. The van der Waals surface area contributed by atoms with E-state index in [1.54, 1.807) is 0 Å². The Bertz CT molecular complexity index is 882. The van der Waals surface area contributed by atoms with Crippen molar-refractivity contribution in [3.8, 4) is 0 Å². The van der Waals surface area contributed by atoms with Crippen molar-refractivity contribution in [3.05, 3.63) is 24.3 Å². The molecule has 1 unspecified atom stereocenters. The van der Waals surface area contributed by atoms with Gasteiger partial charge in [-0.25, -0.2) is 0 Å². The molecule has 0 bridgehead atoms. The van der Waals surface area contributed by atoms with Crippen LogP contribution in [0, 0.1) is 0 Å². The number of unbranched alkanes of at least 4 members (excludes halogenated alkanes) is 33. The lowest BCUT2D eigenvalue weighted by molar-refractivity contribution is -0.163. The fourth-order valence-electron chi connectivity index (χ4n) is 7.56. The maximum Gasteiger partial charge on any atom is 0.306 e. The standard InChI is InChI=1S/C53H100O5/c1-4-7-10-13-16-19-22-25-26-27-30-33-36-39-42-45-48-56-49-51(58-53(55)47-44-41-38-35-32-29-24-21-18-15-12-9-6-3)50-57-52(54)46-43-40-37-34-31-28-23-20-17-14-11-8-5-2/h20-21,23-24,51H,4-19,22,25-50H2,1-3H3/b23-20-,24-21-. The topological polar surface area (TPSA) is 61.8 Å². The molecule has 0 aromatic rings. The minimum Gasteiger partial charge on any atom is -0.462 e. The summed E-state index contributed by atoms with van der Waals surface area (Å²) in [5.74, 6) is -0.402. The molecule has 0 fully saturated rings. The second-order valence-electron chi connectivity index (χ2n) is 17.4. The van der Waals surface area contributed by atoms with Crippen LogP contribution in [0.5, 0.6) is 0 Å². The van der Waals surface area contributed by atoms with Crippen molar-refractivity contribution >= 4 is 11.9 Å². The molecule has 58 heavy (non-hydrogen) atoms. The van der Waals surface area contributed by atoms with Gasteiger partial charge in [0.05, 0.1) is 6.61 Å². The molecule has 0 spiro atoms. The highest BCUT2D eigenvalue weighted by Gasteiger charge is 2.17. The Hall–Kier alpha value is -1.62. The zero-order valence-electron chi connectivity index (χ0n) is 39.3. The maximum atomic E-state index is 12.8. The van der Waals surface area contributed by atoms with Crippen molar-refractivity contribution in [2.24, 2.45) is 0 Å². The van der Waals surface area contributed by atoms with Crippen molar-refractivity contribution in [1.29, 1.82) is 0 Å². The Labute approximate surface area is 362 Å². The van der Waals surface area contributed by atoms with Crippen LogP contribution in [0.25, 0.3) is 0 Å². The largest absolute Gasteiger partial charge is 0.462 e. The average molecular weight is 817 g/mol. The third kappa shape index (κ3) is 47.1. The monoisotopic (exact) mass is 817 g/mol. The average Bonchev–Trinajstić information content (AvgIpc) is 3.22. The van der Waals surface area contributed by atoms with Crippen LogP contribution in [0.1, 0.15) is 278 Å². The van der Waals surface area contributed by atoms with Gasteiger partial charge in [-0.2, -0.15) is 0 Å². The lowest BCUT2D eigenvalue weighted by atomic mass is 10.0. The Kier molecular flexibility index (Phi) is 48.4. The van der Waals surface area contributed by atoms with Crippen molar-refractivity contribution in [2.45, 2.75) is 284 Å². The number of carbonyl (C=O) groups is 2. The SMILES string of the molecule is CCCCCC/C=C\CCCCCCCC(=O)OCC(COCCCCCCCCCCCCCCCCCC)OC(=O)CCCCCCC/C=C\CCCCCC. The molecule has 0 aliphatic heterocycles. The molecular formula is C53H100O5. The highest BCUT2D eigenvalue weighted by atomic mass is 16.6. The number of hydrogen-bond acceptors (Lipinski definition) is 5. The molecule has 342 valence electrons. The second-order valence-corrected chi connectivity index (χ2v) is 17.4. The van der Waals surface area contributed by atoms with Crippen molar-refractivity contribution in [2.75, 3.05) is 19.8 Å². The lowest BCUT2D eigenvalue weighted by Gasteiger charge is -2.18. The molecule has 0 aromatic heterocycles. The molecule has 5 nitrogen and oxygen atoms in total. The molecule has 0 aliphatic rings. The zero-order chi connectivity index (χ0) is 42.1. The van der Waals surface area contributed by atoms with E-state index in [4.69, 9.17) is 14.2 Å². The predicted molar refractivity (Wildman–Crippen MR) is 252 cm³/mol. The second kappa shape index (κ2) is 49.7. The van der Waals surface area contributed by atoms with Gasteiger partial charge in [0.25, 0.3) is 0 Å². The van der Waals surface area contributed by atoms with Crippen LogP contribution < -0.4 is 0 Å². The summed E-state index contributed by atoms with van der Waals surface area (Å²) >= 11 is 0. The third-order valence-electron chi connectivity index (χ3n) is 11.5. The van der Waals surface area contributed by atoms with Crippen LogP contribution in [0.4, 0.5) is 0 Å². The molecule has 0 aromatic carbocycles. The maximum absolute atomic E-state index is 12.8. The summed E-state index contributed by atoms with van der Waals surface area (Å²) < 4.78 is 17.4. The molecule has 0 saturated heterocycles. The fourth-order valence-corrected chi connectivity index (χ4v) is 7.56. The molecule has 0 heterocycles. The number of ether oxygens (including phenoxy) is 3. The minimum atomic E-state index is -0.536. The first-order valence-corrected chi connectivity index (χ1v) is 25.9. The van der Waals surface area contributed by atoms with E-state index >= 15 is 0 Å². The Morgan fingerprint density at radius 1 is 0.362 bits per heavy atom. The summed E-state index contributed by atoms with van der Waals surface area (Å²) in [6, 6.07) is 0. The molecule has 0 radical (unpaired) electrons. The smallest absolute Gasteiger partial charge is 0.306 e.